The van der Waals surface area contributed by atoms with E-state index in [-0.39, 0.29) is 5.82 Å². The van der Waals surface area contributed by atoms with Gasteiger partial charge in [0, 0.05) is 17.0 Å². The molecule has 0 aliphatic carbocycles. The van der Waals surface area contributed by atoms with Gasteiger partial charge in [0.2, 0.25) is 0 Å². The van der Waals surface area contributed by atoms with Crippen molar-refractivity contribution >= 4 is 11.6 Å². The number of aliphatic hydroxyl groups is 1. The van der Waals surface area contributed by atoms with Crippen molar-refractivity contribution < 1.29 is 9.50 Å². The second-order valence-corrected chi connectivity index (χ2v) is 4.85. The molecular formula is C12H17ClFNO. The summed E-state index contributed by atoms with van der Waals surface area (Å²) in [6.45, 7) is 3.93. The fourth-order valence-electron chi connectivity index (χ4n) is 1.49. The summed E-state index contributed by atoms with van der Waals surface area (Å²) in [4.78, 5) is 0. The fourth-order valence-corrected chi connectivity index (χ4v) is 1.72. The van der Waals surface area contributed by atoms with Crippen molar-refractivity contribution in [3.05, 3.63) is 34.6 Å². The quantitative estimate of drug-likeness (QED) is 0.856. The van der Waals surface area contributed by atoms with E-state index in [1.54, 1.807) is 13.0 Å². The lowest BCUT2D eigenvalue weighted by Crippen LogP contribution is -2.39. The molecule has 0 aliphatic heterocycles. The van der Waals surface area contributed by atoms with Crippen LogP contribution in [-0.4, -0.2) is 17.8 Å². The van der Waals surface area contributed by atoms with E-state index in [4.69, 9.17) is 17.3 Å². The highest BCUT2D eigenvalue weighted by atomic mass is 35.5. The van der Waals surface area contributed by atoms with Gasteiger partial charge in [-0.25, -0.2) is 4.39 Å². The van der Waals surface area contributed by atoms with Crippen LogP contribution in [0.1, 0.15) is 19.4 Å². The predicted molar refractivity (Wildman–Crippen MR) is 64.0 cm³/mol. The van der Waals surface area contributed by atoms with E-state index in [1.807, 2.05) is 6.92 Å². The summed E-state index contributed by atoms with van der Waals surface area (Å²) in [6, 6.07) is 4.27. The first-order valence-corrected chi connectivity index (χ1v) is 5.59. The summed E-state index contributed by atoms with van der Waals surface area (Å²) in [6.07, 6.45) is -0.0149. The number of halogens is 2. The van der Waals surface area contributed by atoms with Gasteiger partial charge in [0.1, 0.15) is 5.82 Å². The number of benzene rings is 1. The molecule has 0 radical (unpaired) electrons. The Morgan fingerprint density at radius 3 is 2.62 bits per heavy atom. The molecule has 1 rings (SSSR count). The van der Waals surface area contributed by atoms with Crippen molar-refractivity contribution in [3.63, 3.8) is 0 Å². The van der Waals surface area contributed by atoms with Gasteiger partial charge in [-0.3, -0.25) is 0 Å². The van der Waals surface area contributed by atoms with Gasteiger partial charge < -0.3 is 10.8 Å². The maximum Gasteiger partial charge on any atom is 0.124 e. The molecule has 4 heteroatoms. The van der Waals surface area contributed by atoms with Crippen LogP contribution in [0.15, 0.2) is 18.2 Å². The maximum atomic E-state index is 12.9. The van der Waals surface area contributed by atoms with Crippen molar-refractivity contribution in [3.8, 4) is 0 Å². The van der Waals surface area contributed by atoms with Crippen LogP contribution in [-0.2, 0) is 6.42 Å². The van der Waals surface area contributed by atoms with Crippen LogP contribution in [0.25, 0.3) is 0 Å². The third-order valence-corrected chi connectivity index (χ3v) is 3.44. The van der Waals surface area contributed by atoms with Crippen LogP contribution in [0.3, 0.4) is 0 Å². The summed E-state index contributed by atoms with van der Waals surface area (Å²) in [7, 11) is 0. The Morgan fingerprint density at radius 2 is 2.19 bits per heavy atom. The number of nitrogens with two attached hydrogens (primary N) is 1. The molecule has 90 valence electrons. The second-order valence-electron chi connectivity index (χ2n) is 4.45. The molecule has 1 aromatic rings. The van der Waals surface area contributed by atoms with E-state index in [0.717, 1.165) is 5.56 Å². The van der Waals surface area contributed by atoms with E-state index < -0.39 is 11.5 Å². The first-order valence-electron chi connectivity index (χ1n) is 5.21. The molecule has 0 saturated carbocycles. The number of hydrogen-bond acceptors (Lipinski definition) is 2. The summed E-state index contributed by atoms with van der Waals surface area (Å²) in [5.41, 5.74) is 6.02. The second kappa shape index (κ2) is 5.13. The van der Waals surface area contributed by atoms with Gasteiger partial charge in [-0.2, -0.15) is 0 Å². The van der Waals surface area contributed by atoms with Crippen LogP contribution >= 0.6 is 11.6 Å². The number of hydrogen-bond donors (Lipinski definition) is 2. The lowest BCUT2D eigenvalue weighted by atomic mass is 9.79. The highest BCUT2D eigenvalue weighted by Crippen LogP contribution is 2.29. The van der Waals surface area contributed by atoms with E-state index in [2.05, 4.69) is 0 Å². The Labute approximate surface area is 100 Å². The smallest absolute Gasteiger partial charge is 0.124 e. The molecule has 0 saturated heterocycles. The topological polar surface area (TPSA) is 46.2 Å². The van der Waals surface area contributed by atoms with Crippen LogP contribution in [0, 0.1) is 11.2 Å². The average molecular weight is 246 g/mol. The van der Waals surface area contributed by atoms with Crippen LogP contribution < -0.4 is 5.73 Å². The third-order valence-electron chi connectivity index (χ3n) is 3.08. The zero-order chi connectivity index (χ0) is 12.3. The van der Waals surface area contributed by atoms with Gasteiger partial charge in [0.25, 0.3) is 0 Å². The standard InChI is InChI=1S/C12H17ClFNO/c1-8(16)12(2,7-15)6-9-3-4-10(14)5-11(9)13/h3-5,8,16H,6-7,15H2,1-2H3. The van der Waals surface area contributed by atoms with E-state index in [9.17, 15) is 9.50 Å². The summed E-state index contributed by atoms with van der Waals surface area (Å²) in [5.74, 6) is -0.361. The Hall–Kier alpha value is -0.640. The molecule has 2 unspecified atom stereocenters. The molecule has 16 heavy (non-hydrogen) atoms. The van der Waals surface area contributed by atoms with E-state index in [0.29, 0.717) is 18.0 Å². The SMILES string of the molecule is CC(O)C(C)(CN)Cc1ccc(F)cc1Cl. The Morgan fingerprint density at radius 1 is 1.56 bits per heavy atom. The van der Waals surface area contributed by atoms with Crippen molar-refractivity contribution in [1.82, 2.24) is 0 Å². The zero-order valence-electron chi connectivity index (χ0n) is 9.50. The van der Waals surface area contributed by atoms with Gasteiger partial charge in [-0.1, -0.05) is 24.6 Å². The van der Waals surface area contributed by atoms with Crippen LogP contribution in [0.4, 0.5) is 4.39 Å². The van der Waals surface area contributed by atoms with Gasteiger partial charge in [0.15, 0.2) is 0 Å². The lowest BCUT2D eigenvalue weighted by Gasteiger charge is -2.31. The highest BCUT2D eigenvalue weighted by Gasteiger charge is 2.29. The normalized spacial score (nSPS) is 16.9. The van der Waals surface area contributed by atoms with Crippen molar-refractivity contribution in [2.24, 2.45) is 11.1 Å². The summed E-state index contributed by atoms with van der Waals surface area (Å²) >= 11 is 5.93. The highest BCUT2D eigenvalue weighted by molar-refractivity contribution is 6.31. The maximum absolute atomic E-state index is 12.9. The molecular weight excluding hydrogens is 229 g/mol. The summed E-state index contributed by atoms with van der Waals surface area (Å²) < 4.78 is 12.9. The monoisotopic (exact) mass is 245 g/mol. The minimum Gasteiger partial charge on any atom is -0.393 e. The number of aliphatic hydroxyl groups excluding tert-OH is 1. The van der Waals surface area contributed by atoms with Crippen LogP contribution in [0.2, 0.25) is 5.02 Å². The molecule has 0 aromatic heterocycles. The molecule has 0 bridgehead atoms. The molecule has 1 aromatic carbocycles. The van der Waals surface area contributed by atoms with Gasteiger partial charge in [0.05, 0.1) is 6.10 Å². The first kappa shape index (κ1) is 13.4. The van der Waals surface area contributed by atoms with Crippen LogP contribution in [0.5, 0.6) is 0 Å². The van der Waals surface area contributed by atoms with Crippen molar-refractivity contribution in [2.45, 2.75) is 26.4 Å². The minimum absolute atomic E-state index is 0.346. The molecule has 3 N–H and O–H groups in total. The largest absolute Gasteiger partial charge is 0.393 e. The molecule has 0 spiro atoms. The number of rotatable bonds is 4. The average Bonchev–Trinajstić information content (AvgIpc) is 2.22. The molecule has 0 heterocycles. The van der Waals surface area contributed by atoms with Gasteiger partial charge >= 0.3 is 0 Å². The molecule has 0 amide bonds. The van der Waals surface area contributed by atoms with E-state index in [1.165, 1.54) is 12.1 Å². The van der Waals surface area contributed by atoms with Gasteiger partial charge in [-0.15, -0.1) is 0 Å². The molecule has 2 atom stereocenters. The Kier molecular flexibility index (Phi) is 4.30. The molecule has 2 nitrogen and oxygen atoms in total. The first-order chi connectivity index (χ1) is 7.39. The van der Waals surface area contributed by atoms with E-state index >= 15 is 0 Å². The Balaban J connectivity index is 2.95. The van der Waals surface area contributed by atoms with Gasteiger partial charge in [-0.05, 0) is 31.0 Å². The zero-order valence-corrected chi connectivity index (χ0v) is 10.3. The third kappa shape index (κ3) is 2.94. The van der Waals surface area contributed by atoms with Crippen molar-refractivity contribution in [2.75, 3.05) is 6.54 Å². The predicted octanol–water partition coefficient (Wildman–Crippen LogP) is 2.37. The summed E-state index contributed by atoms with van der Waals surface area (Å²) in [5, 5.41) is 10.1. The fraction of sp³-hybridized carbons (Fsp3) is 0.500. The minimum atomic E-state index is -0.543. The molecule has 0 fully saturated rings. The lowest BCUT2D eigenvalue weighted by molar-refractivity contribution is 0.0589. The molecule has 0 aliphatic rings. The van der Waals surface area contributed by atoms with Crippen molar-refractivity contribution in [1.29, 1.82) is 0 Å². The Bertz CT molecular complexity index is 370.